The number of carbonyl (C=O) groups excluding carboxylic acids is 4. The lowest BCUT2D eigenvalue weighted by Gasteiger charge is -2.19. The maximum atomic E-state index is 13.3. The number of fused-ring (bicyclic) bond motifs is 2. The van der Waals surface area contributed by atoms with Crippen molar-refractivity contribution in [2.45, 2.75) is 32.6 Å². The summed E-state index contributed by atoms with van der Waals surface area (Å²) in [6, 6.07) is 20.7. The lowest BCUT2D eigenvalue weighted by atomic mass is 9.81. The van der Waals surface area contributed by atoms with Crippen LogP contribution < -0.4 is 4.90 Å². The normalized spacial score (nSPS) is 18.4. The first-order valence-corrected chi connectivity index (χ1v) is 14.0. The van der Waals surface area contributed by atoms with Gasteiger partial charge in [0, 0.05) is 21.5 Å². The summed E-state index contributed by atoms with van der Waals surface area (Å²) in [7, 11) is 0. The second-order valence-corrected chi connectivity index (χ2v) is 11.1. The molecule has 3 aromatic carbocycles. The number of carbonyl (C=O) groups is 4. The van der Waals surface area contributed by atoms with Crippen molar-refractivity contribution in [3.8, 4) is 11.3 Å². The van der Waals surface area contributed by atoms with Gasteiger partial charge < -0.3 is 4.74 Å². The number of rotatable bonds is 6. The molecule has 1 aliphatic carbocycles. The van der Waals surface area contributed by atoms with Crippen molar-refractivity contribution in [2.75, 3.05) is 11.5 Å². The van der Waals surface area contributed by atoms with E-state index in [1.165, 1.54) is 4.90 Å². The first-order chi connectivity index (χ1) is 19.8. The zero-order valence-corrected chi connectivity index (χ0v) is 23.2. The Kier molecular flexibility index (Phi) is 7.14. The van der Waals surface area contributed by atoms with E-state index in [4.69, 9.17) is 21.3 Å². The zero-order chi connectivity index (χ0) is 28.7. The molecule has 206 valence electrons. The van der Waals surface area contributed by atoms with Gasteiger partial charge in [-0.15, -0.1) is 0 Å². The molecule has 0 unspecified atom stereocenters. The predicted molar refractivity (Wildman–Crippen MR) is 156 cm³/mol. The summed E-state index contributed by atoms with van der Waals surface area (Å²) in [5.74, 6) is -1.66. The minimum Gasteiger partial charge on any atom is -0.454 e. The molecule has 0 spiro atoms. The molecular weight excluding hydrogens is 540 g/mol. The number of nitrogens with zero attached hydrogens (tertiary/aromatic N) is 2. The van der Waals surface area contributed by atoms with E-state index >= 15 is 0 Å². The molecule has 0 radical (unpaired) electrons. The summed E-state index contributed by atoms with van der Waals surface area (Å²) in [4.78, 5) is 58.0. The van der Waals surface area contributed by atoms with Crippen molar-refractivity contribution in [3.63, 3.8) is 0 Å². The largest absolute Gasteiger partial charge is 0.454 e. The number of hydrogen-bond donors (Lipinski definition) is 0. The Morgan fingerprint density at radius 2 is 1.56 bits per heavy atom. The topological polar surface area (TPSA) is 93.6 Å². The number of imide groups is 1. The van der Waals surface area contributed by atoms with E-state index in [9.17, 15) is 19.2 Å². The van der Waals surface area contributed by atoms with Gasteiger partial charge in [-0.05, 0) is 74.4 Å². The van der Waals surface area contributed by atoms with Crippen LogP contribution >= 0.6 is 11.6 Å². The van der Waals surface area contributed by atoms with Gasteiger partial charge in [-0.3, -0.25) is 19.3 Å². The molecule has 1 aliphatic heterocycles. The molecule has 2 atom stereocenters. The minimum atomic E-state index is -0.640. The smallest absolute Gasteiger partial charge is 0.339 e. The Bertz CT molecular complexity index is 1670. The molecule has 1 saturated carbocycles. The molecule has 2 amide bonds. The predicted octanol–water partition coefficient (Wildman–Crippen LogP) is 6.58. The second kappa shape index (κ2) is 10.9. The van der Waals surface area contributed by atoms with Gasteiger partial charge in [-0.1, -0.05) is 48.2 Å². The number of aryl methyl sites for hydroxylation is 1. The van der Waals surface area contributed by atoms with Gasteiger partial charge in [-0.2, -0.15) is 0 Å². The van der Waals surface area contributed by atoms with Crippen LogP contribution in [0.2, 0.25) is 5.02 Å². The molecule has 2 fully saturated rings. The number of anilines is 1. The lowest BCUT2D eigenvalue weighted by molar-refractivity contribution is -0.122. The number of benzene rings is 3. The van der Waals surface area contributed by atoms with Crippen molar-refractivity contribution in [1.29, 1.82) is 0 Å². The Morgan fingerprint density at radius 3 is 2.22 bits per heavy atom. The third-order valence-corrected chi connectivity index (χ3v) is 8.20. The van der Waals surface area contributed by atoms with Gasteiger partial charge >= 0.3 is 5.97 Å². The van der Waals surface area contributed by atoms with E-state index in [-0.39, 0.29) is 35.0 Å². The third kappa shape index (κ3) is 5.13. The fraction of sp³-hybridized carbons (Fsp3) is 0.242. The molecule has 7 nitrogen and oxygen atoms in total. The molecule has 0 N–H and O–H groups in total. The lowest BCUT2D eigenvalue weighted by Crippen LogP contribution is -2.30. The van der Waals surface area contributed by atoms with E-state index in [2.05, 4.69) is 0 Å². The molecule has 2 heterocycles. The summed E-state index contributed by atoms with van der Waals surface area (Å²) in [5.41, 5.74) is 4.00. The fourth-order valence-electron chi connectivity index (χ4n) is 5.78. The average Bonchev–Trinajstić information content (AvgIpc) is 3.25. The maximum Gasteiger partial charge on any atom is 0.339 e. The Balaban J connectivity index is 1.28. The van der Waals surface area contributed by atoms with Crippen LogP contribution in [0.3, 0.4) is 0 Å². The number of ketones is 1. The van der Waals surface area contributed by atoms with Crippen LogP contribution in [-0.2, 0) is 14.3 Å². The van der Waals surface area contributed by atoms with Crippen molar-refractivity contribution < 1.29 is 23.9 Å². The van der Waals surface area contributed by atoms with Crippen LogP contribution in [0.4, 0.5) is 5.69 Å². The van der Waals surface area contributed by atoms with Gasteiger partial charge in [0.05, 0.1) is 34.3 Å². The Morgan fingerprint density at radius 1 is 0.902 bits per heavy atom. The number of Topliss-reactive ketones (excluding diaryl/α,β-unsaturated/α-hetero) is 1. The van der Waals surface area contributed by atoms with Crippen LogP contribution in [0.1, 0.15) is 52.0 Å². The van der Waals surface area contributed by atoms with Crippen LogP contribution in [0.5, 0.6) is 0 Å². The summed E-state index contributed by atoms with van der Waals surface area (Å²) in [6.45, 7) is 1.50. The number of halogens is 1. The SMILES string of the molecule is Cc1ccc2nc(-c3ccc(N4C(=O)[C@H]5CCCC[C@H]5C4=O)cc3)cc(C(=O)OCC(=O)c3ccc(Cl)cc3)c2c1. The highest BCUT2D eigenvalue weighted by atomic mass is 35.5. The second-order valence-electron chi connectivity index (χ2n) is 10.6. The van der Waals surface area contributed by atoms with Crippen LogP contribution in [0, 0.1) is 18.8 Å². The van der Waals surface area contributed by atoms with Crippen LogP contribution in [0.15, 0.2) is 72.8 Å². The van der Waals surface area contributed by atoms with Gasteiger partial charge in [-0.25, -0.2) is 9.78 Å². The number of ether oxygens (including phenoxy) is 1. The molecule has 6 rings (SSSR count). The third-order valence-electron chi connectivity index (χ3n) is 7.95. The molecule has 4 aromatic rings. The van der Waals surface area contributed by atoms with Crippen molar-refractivity contribution in [1.82, 2.24) is 4.98 Å². The van der Waals surface area contributed by atoms with Crippen molar-refractivity contribution in [3.05, 3.63) is 94.5 Å². The molecule has 1 aromatic heterocycles. The first-order valence-electron chi connectivity index (χ1n) is 13.7. The van der Waals surface area contributed by atoms with Gasteiger partial charge in [0.25, 0.3) is 0 Å². The molecule has 2 aliphatic rings. The fourth-order valence-corrected chi connectivity index (χ4v) is 5.91. The van der Waals surface area contributed by atoms with Crippen molar-refractivity contribution >= 4 is 51.8 Å². The number of amides is 2. The highest BCUT2D eigenvalue weighted by Crippen LogP contribution is 2.40. The van der Waals surface area contributed by atoms with Gasteiger partial charge in [0.15, 0.2) is 12.4 Å². The molecule has 8 heteroatoms. The van der Waals surface area contributed by atoms with Crippen LogP contribution in [0.25, 0.3) is 22.2 Å². The quantitative estimate of drug-likeness (QED) is 0.149. The summed E-state index contributed by atoms with van der Waals surface area (Å²) < 4.78 is 5.44. The van der Waals surface area contributed by atoms with Gasteiger partial charge in [0.1, 0.15) is 0 Å². The van der Waals surface area contributed by atoms with Crippen molar-refractivity contribution in [2.24, 2.45) is 11.8 Å². The van der Waals surface area contributed by atoms with Gasteiger partial charge in [0.2, 0.25) is 11.8 Å². The average molecular weight is 567 g/mol. The first kappa shape index (κ1) is 26.8. The van der Waals surface area contributed by atoms with Crippen LogP contribution in [-0.4, -0.2) is 35.2 Å². The van der Waals surface area contributed by atoms with E-state index < -0.39 is 12.6 Å². The maximum absolute atomic E-state index is 13.3. The molecule has 1 saturated heterocycles. The number of esters is 1. The Hall–Kier alpha value is -4.36. The molecule has 41 heavy (non-hydrogen) atoms. The Labute approximate surface area is 242 Å². The summed E-state index contributed by atoms with van der Waals surface area (Å²) in [5, 5.41) is 1.12. The highest BCUT2D eigenvalue weighted by Gasteiger charge is 2.48. The summed E-state index contributed by atoms with van der Waals surface area (Å²) >= 11 is 5.90. The molecule has 0 bridgehead atoms. The van der Waals surface area contributed by atoms with E-state index in [1.54, 1.807) is 54.6 Å². The van der Waals surface area contributed by atoms with E-state index in [1.807, 2.05) is 25.1 Å². The number of pyridine rings is 1. The van der Waals surface area contributed by atoms with E-state index in [0.29, 0.717) is 38.4 Å². The zero-order valence-electron chi connectivity index (χ0n) is 22.4. The monoisotopic (exact) mass is 566 g/mol. The highest BCUT2D eigenvalue weighted by molar-refractivity contribution is 6.30. The standard InChI is InChI=1S/C33H27ClN2O5/c1-19-6-15-28-26(16-19)27(33(40)41-18-30(37)21-7-11-22(34)12-8-21)17-29(35-28)20-9-13-23(14-10-20)36-31(38)24-4-2-3-5-25(24)32(36)39/h6-17,24-25H,2-5,18H2,1H3/t24-,25+. The van der Waals surface area contributed by atoms with E-state index in [0.717, 1.165) is 31.2 Å². The number of hydrogen-bond acceptors (Lipinski definition) is 6. The summed E-state index contributed by atoms with van der Waals surface area (Å²) in [6.07, 6.45) is 3.46. The number of aromatic nitrogens is 1. The minimum absolute atomic E-state index is 0.121. The molecular formula is C33H27ClN2O5.